The number of hydrogen-bond donors (Lipinski definition) is 0. The second kappa shape index (κ2) is 37.1. The fourth-order valence-corrected chi connectivity index (χ4v) is 23.3. The zero-order valence-electron chi connectivity index (χ0n) is 76.7. The number of nitrogens with zero attached hydrogens (tertiary/aromatic N) is 16. The summed E-state index contributed by atoms with van der Waals surface area (Å²) in [6.07, 6.45) is 8.88. The number of sulfone groups is 2. The van der Waals surface area contributed by atoms with E-state index in [-0.39, 0.29) is 94.8 Å². The van der Waals surface area contributed by atoms with E-state index in [0.29, 0.717) is 111 Å². The number of piperidine rings is 4. The van der Waals surface area contributed by atoms with Gasteiger partial charge < -0.3 is 29.1 Å². The molecule has 30 nitrogen and oxygen atoms in total. The molecule has 12 heterocycles. The normalized spacial score (nSPS) is 20.3. The molecule has 10 aliphatic heterocycles. The van der Waals surface area contributed by atoms with Gasteiger partial charge in [-0.1, -0.05) is 60.7 Å². The van der Waals surface area contributed by atoms with Crippen LogP contribution in [0.2, 0.25) is 0 Å². The number of fused-ring (bicyclic) bond motifs is 4. The minimum atomic E-state index is -3.30. The highest BCUT2D eigenvalue weighted by atomic mass is 32.2. The predicted octanol–water partition coefficient (Wildman–Crippen LogP) is 14.4. The van der Waals surface area contributed by atoms with Crippen molar-refractivity contribution in [3.8, 4) is 23.6 Å². The van der Waals surface area contributed by atoms with Crippen LogP contribution in [0, 0.1) is 22.7 Å². The molecule has 10 aromatic rings. The van der Waals surface area contributed by atoms with Gasteiger partial charge in [-0.15, -0.1) is 22.7 Å². The zero-order valence-corrected chi connectivity index (χ0v) is 80.0. The number of nitriles is 2. The van der Waals surface area contributed by atoms with Gasteiger partial charge in [0, 0.05) is 130 Å². The summed E-state index contributed by atoms with van der Waals surface area (Å²) < 4.78 is 60.7. The van der Waals surface area contributed by atoms with Gasteiger partial charge in [0.2, 0.25) is 0 Å². The summed E-state index contributed by atoms with van der Waals surface area (Å²) in [6.45, 7) is 16.2. The van der Waals surface area contributed by atoms with Crippen LogP contribution in [0.25, 0.3) is 20.4 Å². The molecule has 8 aromatic carbocycles. The molecule has 0 unspecified atom stereocenters. The molecule has 134 heavy (non-hydrogen) atoms. The molecule has 8 fully saturated rings. The van der Waals surface area contributed by atoms with E-state index in [1.54, 1.807) is 143 Å². The van der Waals surface area contributed by atoms with E-state index >= 15 is 0 Å². The largest absolute Gasteiger partial charge is 0.493 e. The van der Waals surface area contributed by atoms with Crippen LogP contribution in [0.15, 0.2) is 191 Å². The van der Waals surface area contributed by atoms with Crippen LogP contribution in [0.4, 0.5) is 30.6 Å². The lowest BCUT2D eigenvalue weighted by atomic mass is 9.85. The van der Waals surface area contributed by atoms with Crippen molar-refractivity contribution >= 4 is 122 Å². The van der Waals surface area contributed by atoms with E-state index in [2.05, 4.69) is 142 Å². The third-order valence-electron chi connectivity index (χ3n) is 29.7. The van der Waals surface area contributed by atoms with Gasteiger partial charge in [-0.3, -0.25) is 48.6 Å². The SMILES string of the molecule is C[C@@H](c1ccc2c(c1)OCC2)N1CCC2(CC1)C(=O)N(c1ccc(C#N)cc1)C(=O)N2C.C[C@@H](c1ccc2scnc2c1)N1CCC2(CC1)C(=O)N(Cc1ccc(S(C)(=O)=O)cc1)C(=O)N2C.C[C@H](c1ccc2c(c1)OCC2)N1CCC2(CC1)C(=O)N(c1ccc(C#N)cc1)C(=O)N2C.C[C@H](c1ccc2scnc2c1)N1CCC2(CC1)C(=O)N(Cc1ccc(S(C)(=O)=O)cc1)C(=O)N2C. The Bertz CT molecular complexity index is 6190. The van der Waals surface area contributed by atoms with E-state index in [0.717, 1.165) is 87.3 Å². The molecular formula is C100H108N16O14S4. The van der Waals surface area contributed by atoms with Crippen LogP contribution >= 0.6 is 22.7 Å². The minimum absolute atomic E-state index is 0.127. The van der Waals surface area contributed by atoms with Gasteiger partial charge >= 0.3 is 24.1 Å². The van der Waals surface area contributed by atoms with Gasteiger partial charge in [-0.05, 0) is 233 Å². The maximum Gasteiger partial charge on any atom is 0.332 e. The summed E-state index contributed by atoms with van der Waals surface area (Å²) in [6, 6.07) is 55.2. The third kappa shape index (κ3) is 17.3. The van der Waals surface area contributed by atoms with Crippen LogP contribution in [0.1, 0.15) is 159 Å². The van der Waals surface area contributed by atoms with Crippen molar-refractivity contribution < 1.29 is 64.7 Å². The summed E-state index contributed by atoms with van der Waals surface area (Å²) in [5.74, 6) is 1.28. The maximum atomic E-state index is 13.5. The number of hydrogen-bond acceptors (Lipinski definition) is 24. The van der Waals surface area contributed by atoms with Crippen molar-refractivity contribution in [2.24, 2.45) is 0 Å². The molecule has 0 saturated carbocycles. The van der Waals surface area contributed by atoms with E-state index in [4.69, 9.17) is 20.0 Å². The lowest BCUT2D eigenvalue weighted by Gasteiger charge is -2.43. The number of ether oxygens (including phenoxy) is 2. The second-order valence-electron chi connectivity index (χ2n) is 36.6. The Kier molecular flexibility index (Phi) is 25.9. The van der Waals surface area contributed by atoms with Crippen molar-refractivity contribution in [2.45, 2.75) is 161 Å². The number of thiazole rings is 2. The number of likely N-dealkylation sites (tertiary alicyclic amines) is 4. The molecule has 20 rings (SSSR count). The fraction of sp³-hybridized carbons (Fsp3) is 0.400. The number of carbonyl (C=O) groups excluding carboxylic acids is 8. The van der Waals surface area contributed by atoms with Crippen molar-refractivity contribution in [3.63, 3.8) is 0 Å². The molecule has 0 radical (unpaired) electrons. The summed E-state index contributed by atoms with van der Waals surface area (Å²) in [7, 11) is 0.261. The number of likely N-dealkylation sites (N-methyl/N-ethyl adjacent to an activating group) is 4. The number of amides is 12. The minimum Gasteiger partial charge on any atom is -0.493 e. The maximum absolute atomic E-state index is 13.5. The summed E-state index contributed by atoms with van der Waals surface area (Å²) >= 11 is 3.26. The molecule has 4 atom stereocenters. The first kappa shape index (κ1) is 93.4. The Hall–Kier alpha value is -12.4. The molecule has 2 aromatic heterocycles. The van der Waals surface area contributed by atoms with E-state index < -0.39 is 41.8 Å². The summed E-state index contributed by atoms with van der Waals surface area (Å²) in [4.78, 5) is 137. The molecule has 10 aliphatic rings. The van der Waals surface area contributed by atoms with E-state index in [1.165, 1.54) is 86.6 Å². The number of imide groups is 4. The van der Waals surface area contributed by atoms with Crippen LogP contribution < -0.4 is 19.3 Å². The van der Waals surface area contributed by atoms with Gasteiger partial charge in [0.05, 0.1) is 102 Å². The van der Waals surface area contributed by atoms with Crippen molar-refractivity contribution in [3.05, 3.63) is 237 Å². The highest BCUT2D eigenvalue weighted by molar-refractivity contribution is 7.91. The standard InChI is InChI=1S/2C25H28N4O4S2.2C25H26N4O3/c2*1-17(19-6-9-22-21(14-19)26-16-34-22)28-12-10-25(11-13-28)23(30)29(24(31)27(25)2)15-18-4-7-20(8-5-18)35(3,32)33;2*1-17(20-6-5-19-9-14-32-22(19)15-20)28-12-10-25(11-13-28)23(30)29(24(31)27(25)2)21-7-3-18(16-26)4-8-21/h2*4-9,14,16-17H,10-13,15H2,1-3H3;2*3-8,15,17H,9-14H2,1-2H3/t4*17-/m1010/s1. The number of benzene rings is 8. The zero-order chi connectivity index (χ0) is 94.8. The fourth-order valence-electron chi connectivity index (χ4n) is 20.7. The van der Waals surface area contributed by atoms with Gasteiger partial charge in [0.25, 0.3) is 23.6 Å². The Morgan fingerprint density at radius 1 is 0.381 bits per heavy atom. The first-order valence-corrected chi connectivity index (χ1v) is 50.8. The van der Waals surface area contributed by atoms with Crippen LogP contribution in [0.5, 0.6) is 11.5 Å². The van der Waals surface area contributed by atoms with E-state index in [9.17, 15) is 55.2 Å². The molecule has 0 bridgehead atoms. The number of anilines is 2. The van der Waals surface area contributed by atoms with Crippen molar-refractivity contribution in [2.75, 3.05) is 116 Å². The van der Waals surface area contributed by atoms with Crippen LogP contribution in [-0.4, -0.2) is 252 Å². The Labute approximate surface area is 788 Å². The molecule has 696 valence electrons. The van der Waals surface area contributed by atoms with Gasteiger partial charge in [0.15, 0.2) is 19.7 Å². The van der Waals surface area contributed by atoms with Crippen LogP contribution in [0.3, 0.4) is 0 Å². The van der Waals surface area contributed by atoms with Gasteiger partial charge in [-0.25, -0.2) is 55.8 Å². The van der Waals surface area contributed by atoms with Crippen molar-refractivity contribution in [1.29, 1.82) is 10.5 Å². The molecule has 12 amide bonds. The first-order chi connectivity index (χ1) is 64.1. The average molecular weight is 1890 g/mol. The average Bonchev–Trinajstić information content (AvgIpc) is 1.60. The number of rotatable bonds is 16. The summed E-state index contributed by atoms with van der Waals surface area (Å²) in [5, 5.41) is 18.0. The summed E-state index contributed by atoms with van der Waals surface area (Å²) in [5.41, 5.74) is 13.2. The molecule has 0 aliphatic carbocycles. The highest BCUT2D eigenvalue weighted by Crippen LogP contribution is 2.47. The Balaban J connectivity index is 0.000000124. The molecular weight excluding hydrogens is 1780 g/mol. The molecule has 34 heteroatoms. The van der Waals surface area contributed by atoms with E-state index in [1.807, 2.05) is 11.0 Å². The van der Waals surface area contributed by atoms with Crippen LogP contribution in [-0.2, 0) is 64.8 Å². The molecule has 4 spiro atoms. The predicted molar refractivity (Wildman–Crippen MR) is 508 cm³/mol. The topological polar surface area (TPSA) is 336 Å². The molecule has 8 saturated heterocycles. The quantitative estimate of drug-likeness (QED) is 0.0811. The lowest BCUT2D eigenvalue weighted by molar-refractivity contribution is -0.136. The van der Waals surface area contributed by atoms with Gasteiger partial charge in [0.1, 0.15) is 33.7 Å². The third-order valence-corrected chi connectivity index (χ3v) is 33.6. The monoisotopic (exact) mass is 1880 g/mol. The highest BCUT2D eigenvalue weighted by Gasteiger charge is 2.61. The molecule has 0 N–H and O–H groups in total. The first-order valence-electron chi connectivity index (χ1n) is 45.3. The number of carbonyl (C=O) groups is 8. The second-order valence-corrected chi connectivity index (χ2v) is 42.4. The van der Waals surface area contributed by atoms with Crippen molar-refractivity contribution in [1.82, 2.24) is 59.0 Å². The lowest BCUT2D eigenvalue weighted by Crippen LogP contribution is -2.55. The smallest absolute Gasteiger partial charge is 0.332 e. The van der Waals surface area contributed by atoms with Gasteiger partial charge in [-0.2, -0.15) is 10.5 Å². The number of urea groups is 4. The Morgan fingerprint density at radius 2 is 0.672 bits per heavy atom. The number of aromatic nitrogens is 2. The Morgan fingerprint density at radius 3 is 0.978 bits per heavy atom.